The maximum absolute atomic E-state index is 11.4. The minimum absolute atomic E-state index is 0.388. The number of hydrogen-bond acceptors (Lipinski definition) is 5. The molecule has 1 aromatic rings. The summed E-state index contributed by atoms with van der Waals surface area (Å²) in [4.78, 5) is 11.4. The molecule has 0 unspecified atom stereocenters. The van der Waals surface area contributed by atoms with Gasteiger partial charge in [0, 0.05) is 14.1 Å². The lowest BCUT2D eigenvalue weighted by Crippen LogP contribution is -2.41. The summed E-state index contributed by atoms with van der Waals surface area (Å²) < 4.78 is 30.9. The van der Waals surface area contributed by atoms with Crippen molar-refractivity contribution in [2.24, 2.45) is 5.10 Å². The molecule has 116 valence electrons. The van der Waals surface area contributed by atoms with Gasteiger partial charge >= 0.3 is 0 Å². The molecule has 0 spiro atoms. The van der Waals surface area contributed by atoms with Crippen LogP contribution in [0, 0.1) is 0 Å². The largest absolute Gasteiger partial charge is 0.497 e. The van der Waals surface area contributed by atoms with Crippen molar-refractivity contribution in [1.29, 1.82) is 0 Å². The molecule has 8 nitrogen and oxygen atoms in total. The molecule has 1 amide bonds. The molecule has 0 aliphatic rings. The van der Waals surface area contributed by atoms with Crippen molar-refractivity contribution in [2.75, 3.05) is 27.7 Å². The summed E-state index contributed by atoms with van der Waals surface area (Å²) in [5.41, 5.74) is 2.99. The van der Waals surface area contributed by atoms with Crippen LogP contribution in [0.2, 0.25) is 0 Å². The predicted molar refractivity (Wildman–Crippen MR) is 79.3 cm³/mol. The van der Waals surface area contributed by atoms with Gasteiger partial charge in [-0.05, 0) is 29.8 Å². The van der Waals surface area contributed by atoms with Crippen LogP contribution in [0.5, 0.6) is 5.75 Å². The van der Waals surface area contributed by atoms with Crippen LogP contribution in [0.1, 0.15) is 5.56 Å². The van der Waals surface area contributed by atoms with Crippen molar-refractivity contribution >= 4 is 22.3 Å². The van der Waals surface area contributed by atoms with Crippen LogP contribution in [0.25, 0.3) is 0 Å². The third kappa shape index (κ3) is 5.90. The zero-order valence-electron chi connectivity index (χ0n) is 12.0. The Morgan fingerprint density at radius 3 is 2.48 bits per heavy atom. The average molecular weight is 314 g/mol. The van der Waals surface area contributed by atoms with Crippen LogP contribution in [-0.2, 0) is 15.0 Å². The third-order valence-corrected chi connectivity index (χ3v) is 3.89. The number of nitrogens with zero attached hydrogens (tertiary/aromatic N) is 2. The van der Waals surface area contributed by atoms with Crippen LogP contribution in [0.3, 0.4) is 0 Å². The molecule has 9 heteroatoms. The van der Waals surface area contributed by atoms with E-state index in [1.807, 2.05) is 0 Å². The Balaban J connectivity index is 2.43. The molecule has 0 heterocycles. The number of hydrazone groups is 1. The summed E-state index contributed by atoms with van der Waals surface area (Å²) in [6, 6.07) is 7.05. The lowest BCUT2D eigenvalue weighted by atomic mass is 10.2. The standard InChI is InChI=1S/C12H18N4O4S/c1-16(2)21(18,19)14-9-12(17)15-13-8-10-4-6-11(20-3)7-5-10/h4-8,14H,9H2,1-3H3,(H,15,17)/b13-8-. The smallest absolute Gasteiger partial charge is 0.279 e. The maximum atomic E-state index is 11.4. The lowest BCUT2D eigenvalue weighted by Gasteiger charge is -2.11. The summed E-state index contributed by atoms with van der Waals surface area (Å²) in [6.07, 6.45) is 1.44. The van der Waals surface area contributed by atoms with Crippen LogP contribution < -0.4 is 14.9 Å². The number of hydrogen-bond donors (Lipinski definition) is 2. The molecule has 0 saturated heterocycles. The molecule has 0 fully saturated rings. The number of benzene rings is 1. The van der Waals surface area contributed by atoms with E-state index < -0.39 is 16.1 Å². The van der Waals surface area contributed by atoms with Gasteiger partial charge in [-0.15, -0.1) is 0 Å². The molecule has 0 saturated carbocycles. The molecule has 21 heavy (non-hydrogen) atoms. The highest BCUT2D eigenvalue weighted by molar-refractivity contribution is 7.87. The second-order valence-corrected chi connectivity index (χ2v) is 6.14. The number of carbonyl (C=O) groups excluding carboxylic acids is 1. The van der Waals surface area contributed by atoms with Gasteiger partial charge in [-0.2, -0.15) is 22.5 Å². The molecule has 0 atom stereocenters. The highest BCUT2D eigenvalue weighted by atomic mass is 32.2. The van der Waals surface area contributed by atoms with E-state index in [4.69, 9.17) is 4.74 Å². The topological polar surface area (TPSA) is 100 Å². The van der Waals surface area contributed by atoms with E-state index in [1.165, 1.54) is 20.3 Å². The van der Waals surface area contributed by atoms with Crippen LogP contribution in [0.4, 0.5) is 0 Å². The van der Waals surface area contributed by atoms with Crippen molar-refractivity contribution in [2.45, 2.75) is 0 Å². The monoisotopic (exact) mass is 314 g/mol. The first-order valence-corrected chi connectivity index (χ1v) is 7.42. The Hall–Kier alpha value is -1.97. The van der Waals surface area contributed by atoms with Crippen molar-refractivity contribution in [3.8, 4) is 5.75 Å². The molecule has 0 aliphatic heterocycles. The molecule has 0 aromatic heterocycles. The van der Waals surface area contributed by atoms with E-state index in [2.05, 4.69) is 15.2 Å². The van der Waals surface area contributed by atoms with Crippen LogP contribution >= 0.6 is 0 Å². The Bertz CT molecular complexity index is 596. The quantitative estimate of drug-likeness (QED) is 0.525. The van der Waals surface area contributed by atoms with E-state index in [0.717, 1.165) is 9.87 Å². The van der Waals surface area contributed by atoms with Crippen molar-refractivity contribution < 1.29 is 17.9 Å². The summed E-state index contributed by atoms with van der Waals surface area (Å²) in [6.45, 7) is -0.388. The molecule has 1 aromatic carbocycles. The van der Waals surface area contributed by atoms with E-state index in [1.54, 1.807) is 31.4 Å². The Labute approximate surface area is 124 Å². The molecule has 0 bridgehead atoms. The first kappa shape index (κ1) is 17.1. The fraction of sp³-hybridized carbons (Fsp3) is 0.333. The first-order valence-electron chi connectivity index (χ1n) is 5.98. The fourth-order valence-corrected chi connectivity index (χ4v) is 1.77. The number of ether oxygens (including phenoxy) is 1. The number of nitrogens with one attached hydrogen (secondary N) is 2. The van der Waals surface area contributed by atoms with Gasteiger partial charge in [-0.1, -0.05) is 0 Å². The number of carbonyl (C=O) groups is 1. The minimum Gasteiger partial charge on any atom is -0.497 e. The number of methoxy groups -OCH3 is 1. The molecular weight excluding hydrogens is 296 g/mol. The number of rotatable bonds is 7. The van der Waals surface area contributed by atoms with Gasteiger partial charge < -0.3 is 4.74 Å². The summed E-state index contributed by atoms with van der Waals surface area (Å²) in [5.74, 6) is 0.152. The normalized spacial score (nSPS) is 11.8. The van der Waals surface area contributed by atoms with Crippen molar-refractivity contribution in [1.82, 2.24) is 14.5 Å². The highest BCUT2D eigenvalue weighted by Crippen LogP contribution is 2.09. The molecular formula is C12H18N4O4S. The van der Waals surface area contributed by atoms with Gasteiger partial charge in [-0.25, -0.2) is 5.43 Å². The van der Waals surface area contributed by atoms with E-state index in [9.17, 15) is 13.2 Å². The van der Waals surface area contributed by atoms with Gasteiger partial charge in [0.2, 0.25) is 0 Å². The van der Waals surface area contributed by atoms with Crippen LogP contribution in [0.15, 0.2) is 29.4 Å². The maximum Gasteiger partial charge on any atom is 0.279 e. The zero-order chi connectivity index (χ0) is 15.9. The Morgan fingerprint density at radius 2 is 1.95 bits per heavy atom. The van der Waals surface area contributed by atoms with Crippen LogP contribution in [-0.4, -0.2) is 52.6 Å². The van der Waals surface area contributed by atoms with Crippen molar-refractivity contribution in [3.05, 3.63) is 29.8 Å². The third-order valence-electron chi connectivity index (χ3n) is 2.41. The minimum atomic E-state index is -3.62. The number of amides is 1. The molecule has 1 rings (SSSR count). The summed E-state index contributed by atoms with van der Waals surface area (Å²) in [5, 5.41) is 3.73. The van der Waals surface area contributed by atoms with Gasteiger partial charge in [0.1, 0.15) is 5.75 Å². The van der Waals surface area contributed by atoms with E-state index in [-0.39, 0.29) is 6.54 Å². The van der Waals surface area contributed by atoms with Gasteiger partial charge in [0.15, 0.2) is 0 Å². The Morgan fingerprint density at radius 1 is 1.33 bits per heavy atom. The predicted octanol–water partition coefficient (Wildman–Crippen LogP) is -0.459. The average Bonchev–Trinajstić information content (AvgIpc) is 2.46. The SMILES string of the molecule is COc1ccc(/C=N\NC(=O)CNS(=O)(=O)N(C)C)cc1. The molecule has 0 radical (unpaired) electrons. The first-order chi connectivity index (χ1) is 9.85. The second-order valence-electron chi connectivity index (χ2n) is 4.17. The molecule has 2 N–H and O–H groups in total. The van der Waals surface area contributed by atoms with E-state index >= 15 is 0 Å². The fourth-order valence-electron chi connectivity index (χ4n) is 1.19. The van der Waals surface area contributed by atoms with Crippen molar-refractivity contribution in [3.63, 3.8) is 0 Å². The lowest BCUT2D eigenvalue weighted by molar-refractivity contribution is -0.119. The Kier molecular flexibility index (Phi) is 6.28. The highest BCUT2D eigenvalue weighted by Gasteiger charge is 2.13. The van der Waals surface area contributed by atoms with E-state index in [0.29, 0.717) is 5.75 Å². The summed E-state index contributed by atoms with van der Waals surface area (Å²) >= 11 is 0. The zero-order valence-corrected chi connectivity index (χ0v) is 12.8. The van der Waals surface area contributed by atoms with Gasteiger partial charge in [0.05, 0.1) is 19.9 Å². The molecule has 0 aliphatic carbocycles. The summed E-state index contributed by atoms with van der Waals surface area (Å²) in [7, 11) is 0.672. The van der Waals surface area contributed by atoms with Gasteiger partial charge in [0.25, 0.3) is 16.1 Å². The second kappa shape index (κ2) is 7.72. The van der Waals surface area contributed by atoms with Gasteiger partial charge in [-0.3, -0.25) is 4.79 Å².